The average molecular weight is 187 g/mol. The minimum Gasteiger partial charge on any atom is -0.409 e. The van der Waals surface area contributed by atoms with Gasteiger partial charge in [-0.25, -0.2) is 0 Å². The van der Waals surface area contributed by atoms with Crippen LogP contribution in [0.2, 0.25) is 0 Å². The molecular weight excluding hydrogens is 170 g/mol. The Labute approximate surface area is 78.1 Å². The van der Waals surface area contributed by atoms with Crippen molar-refractivity contribution in [3.63, 3.8) is 0 Å². The molecule has 1 rings (SSSR count). The molecule has 0 spiro atoms. The molecule has 0 aromatic heterocycles. The van der Waals surface area contributed by atoms with Crippen LogP contribution in [0.4, 0.5) is 0 Å². The van der Waals surface area contributed by atoms with Crippen molar-refractivity contribution in [2.24, 2.45) is 10.9 Å². The Bertz CT molecular complexity index is 208. The molecular formula is C8H17N3O2. The molecule has 1 atom stereocenters. The molecule has 5 nitrogen and oxygen atoms in total. The minimum absolute atomic E-state index is 0.0737. The van der Waals surface area contributed by atoms with Gasteiger partial charge in [0.15, 0.2) is 5.84 Å². The highest BCUT2D eigenvalue weighted by Gasteiger charge is 2.33. The second kappa shape index (κ2) is 3.93. The standard InChI is InChI=1S/C8H17N3O2/c1-8(13-2)3-4-11(6-8)5-7(9)10-12/h12H,3-6H2,1-2H3,(H2,9,10). The molecule has 1 aliphatic rings. The number of likely N-dealkylation sites (tertiary alicyclic amines) is 1. The van der Waals surface area contributed by atoms with Gasteiger partial charge in [-0.15, -0.1) is 0 Å². The first-order chi connectivity index (χ1) is 6.09. The molecule has 0 saturated carbocycles. The summed E-state index contributed by atoms with van der Waals surface area (Å²) in [6.45, 7) is 4.34. The molecule has 1 aliphatic heterocycles. The summed E-state index contributed by atoms with van der Waals surface area (Å²) >= 11 is 0. The average Bonchev–Trinajstić information content (AvgIpc) is 2.48. The topological polar surface area (TPSA) is 71.1 Å². The van der Waals surface area contributed by atoms with Crippen molar-refractivity contribution < 1.29 is 9.94 Å². The van der Waals surface area contributed by atoms with Crippen molar-refractivity contribution in [1.29, 1.82) is 0 Å². The molecule has 0 aromatic rings. The summed E-state index contributed by atoms with van der Waals surface area (Å²) in [4.78, 5) is 2.11. The molecule has 1 saturated heterocycles. The maximum Gasteiger partial charge on any atom is 0.153 e. The van der Waals surface area contributed by atoms with Gasteiger partial charge in [0.2, 0.25) is 0 Å². The fourth-order valence-corrected chi connectivity index (χ4v) is 1.59. The molecule has 0 amide bonds. The number of nitrogens with two attached hydrogens (primary N) is 1. The highest BCUT2D eigenvalue weighted by atomic mass is 16.5. The Balaban J connectivity index is 2.41. The highest BCUT2D eigenvalue weighted by Crippen LogP contribution is 2.23. The zero-order chi connectivity index (χ0) is 9.90. The fourth-order valence-electron chi connectivity index (χ4n) is 1.59. The molecule has 0 aliphatic carbocycles. The normalized spacial score (nSPS) is 31.1. The Morgan fingerprint density at radius 1 is 1.77 bits per heavy atom. The summed E-state index contributed by atoms with van der Waals surface area (Å²) in [5, 5.41) is 11.3. The Hall–Kier alpha value is -0.810. The van der Waals surface area contributed by atoms with Gasteiger partial charge in [-0.05, 0) is 13.3 Å². The van der Waals surface area contributed by atoms with Gasteiger partial charge in [0, 0.05) is 20.2 Å². The van der Waals surface area contributed by atoms with Crippen LogP contribution in [0.25, 0.3) is 0 Å². The maximum atomic E-state index is 8.39. The van der Waals surface area contributed by atoms with Crippen LogP contribution < -0.4 is 5.73 Å². The summed E-state index contributed by atoms with van der Waals surface area (Å²) in [6, 6.07) is 0. The minimum atomic E-state index is -0.0737. The van der Waals surface area contributed by atoms with E-state index in [0.29, 0.717) is 6.54 Å². The van der Waals surface area contributed by atoms with E-state index in [1.165, 1.54) is 0 Å². The molecule has 5 heteroatoms. The van der Waals surface area contributed by atoms with E-state index in [0.717, 1.165) is 19.5 Å². The number of hydrogen-bond acceptors (Lipinski definition) is 4. The molecule has 13 heavy (non-hydrogen) atoms. The SMILES string of the molecule is COC1(C)CCN(C/C(N)=N/O)C1. The van der Waals surface area contributed by atoms with E-state index in [-0.39, 0.29) is 11.4 Å². The van der Waals surface area contributed by atoms with E-state index in [2.05, 4.69) is 17.0 Å². The van der Waals surface area contributed by atoms with Crippen molar-refractivity contribution >= 4 is 5.84 Å². The van der Waals surface area contributed by atoms with Gasteiger partial charge in [0.1, 0.15) is 0 Å². The molecule has 76 valence electrons. The van der Waals surface area contributed by atoms with Gasteiger partial charge in [-0.1, -0.05) is 5.16 Å². The van der Waals surface area contributed by atoms with E-state index in [1.807, 2.05) is 0 Å². The number of nitrogens with zero attached hydrogens (tertiary/aromatic N) is 2. The van der Waals surface area contributed by atoms with Crippen molar-refractivity contribution in [1.82, 2.24) is 4.90 Å². The monoisotopic (exact) mass is 187 g/mol. The quantitative estimate of drug-likeness (QED) is 0.279. The lowest BCUT2D eigenvalue weighted by Gasteiger charge is -2.22. The van der Waals surface area contributed by atoms with E-state index in [4.69, 9.17) is 15.7 Å². The van der Waals surface area contributed by atoms with E-state index >= 15 is 0 Å². The number of hydrogen-bond donors (Lipinski definition) is 2. The zero-order valence-electron chi connectivity index (χ0n) is 8.16. The Kier molecular flexibility index (Phi) is 3.11. The summed E-state index contributed by atoms with van der Waals surface area (Å²) < 4.78 is 5.36. The smallest absolute Gasteiger partial charge is 0.153 e. The Morgan fingerprint density at radius 2 is 2.46 bits per heavy atom. The van der Waals surface area contributed by atoms with E-state index in [9.17, 15) is 0 Å². The van der Waals surface area contributed by atoms with Gasteiger partial charge in [0.25, 0.3) is 0 Å². The second-order valence-corrected chi connectivity index (χ2v) is 3.71. The summed E-state index contributed by atoms with van der Waals surface area (Å²) in [5.41, 5.74) is 5.33. The van der Waals surface area contributed by atoms with Crippen LogP contribution in [0.5, 0.6) is 0 Å². The Morgan fingerprint density at radius 3 is 2.92 bits per heavy atom. The van der Waals surface area contributed by atoms with Crippen LogP contribution in [-0.2, 0) is 4.74 Å². The number of ether oxygens (including phenoxy) is 1. The third kappa shape index (κ3) is 2.57. The number of rotatable bonds is 3. The van der Waals surface area contributed by atoms with Crippen LogP contribution in [0.15, 0.2) is 5.16 Å². The lowest BCUT2D eigenvalue weighted by atomic mass is 10.1. The second-order valence-electron chi connectivity index (χ2n) is 3.71. The van der Waals surface area contributed by atoms with Crippen LogP contribution >= 0.6 is 0 Å². The first-order valence-corrected chi connectivity index (χ1v) is 4.33. The van der Waals surface area contributed by atoms with Gasteiger partial charge in [0.05, 0.1) is 12.1 Å². The lowest BCUT2D eigenvalue weighted by Crippen LogP contribution is -2.36. The van der Waals surface area contributed by atoms with Gasteiger partial charge >= 0.3 is 0 Å². The molecule has 1 unspecified atom stereocenters. The van der Waals surface area contributed by atoms with Gasteiger partial charge in [-0.2, -0.15) is 0 Å². The largest absolute Gasteiger partial charge is 0.409 e. The summed E-state index contributed by atoms with van der Waals surface area (Å²) in [7, 11) is 1.72. The van der Waals surface area contributed by atoms with E-state index < -0.39 is 0 Å². The number of oxime groups is 1. The zero-order valence-corrected chi connectivity index (χ0v) is 8.16. The molecule has 0 bridgehead atoms. The van der Waals surface area contributed by atoms with Crippen molar-refractivity contribution in [2.45, 2.75) is 18.9 Å². The van der Waals surface area contributed by atoms with E-state index in [1.54, 1.807) is 7.11 Å². The van der Waals surface area contributed by atoms with Crippen LogP contribution in [-0.4, -0.2) is 48.3 Å². The number of methoxy groups -OCH3 is 1. The first kappa shape index (κ1) is 10.3. The van der Waals surface area contributed by atoms with Gasteiger partial charge < -0.3 is 15.7 Å². The van der Waals surface area contributed by atoms with Crippen LogP contribution in [0, 0.1) is 0 Å². The summed E-state index contributed by atoms with van der Waals surface area (Å²) in [5.74, 6) is 0.250. The summed E-state index contributed by atoms with van der Waals surface area (Å²) in [6.07, 6.45) is 0.988. The van der Waals surface area contributed by atoms with Crippen LogP contribution in [0.1, 0.15) is 13.3 Å². The predicted octanol–water partition coefficient (Wildman–Crippen LogP) is -0.156. The number of amidine groups is 1. The first-order valence-electron chi connectivity index (χ1n) is 4.33. The van der Waals surface area contributed by atoms with Crippen LogP contribution in [0.3, 0.4) is 0 Å². The predicted molar refractivity (Wildman–Crippen MR) is 49.9 cm³/mol. The molecule has 0 radical (unpaired) electrons. The molecule has 3 N–H and O–H groups in total. The lowest BCUT2D eigenvalue weighted by molar-refractivity contribution is 0.0160. The van der Waals surface area contributed by atoms with Crippen molar-refractivity contribution in [3.8, 4) is 0 Å². The fraction of sp³-hybridized carbons (Fsp3) is 0.875. The third-order valence-corrected chi connectivity index (χ3v) is 2.52. The molecule has 1 heterocycles. The molecule has 1 fully saturated rings. The van der Waals surface area contributed by atoms with Crippen molar-refractivity contribution in [3.05, 3.63) is 0 Å². The highest BCUT2D eigenvalue weighted by molar-refractivity contribution is 5.81. The molecule has 0 aromatic carbocycles. The maximum absolute atomic E-state index is 8.39. The third-order valence-electron chi connectivity index (χ3n) is 2.52. The van der Waals surface area contributed by atoms with Crippen molar-refractivity contribution in [2.75, 3.05) is 26.7 Å². The van der Waals surface area contributed by atoms with Gasteiger partial charge in [-0.3, -0.25) is 4.90 Å².